The van der Waals surface area contributed by atoms with E-state index in [1.54, 1.807) is 18.1 Å². The molecule has 1 aliphatic rings. The Morgan fingerprint density at radius 3 is 2.74 bits per heavy atom. The van der Waals surface area contributed by atoms with Crippen molar-refractivity contribution in [2.45, 2.75) is 38.8 Å². The maximum absolute atomic E-state index is 13.1. The van der Waals surface area contributed by atoms with Gasteiger partial charge in [-0.2, -0.15) is 0 Å². The fourth-order valence-corrected chi connectivity index (χ4v) is 4.55. The number of furan rings is 1. The zero-order valence-corrected chi connectivity index (χ0v) is 17.5. The van der Waals surface area contributed by atoms with Crippen LogP contribution in [0.5, 0.6) is 0 Å². The normalized spacial score (nSPS) is 16.5. The van der Waals surface area contributed by atoms with Crippen LogP contribution in [0.2, 0.25) is 0 Å². The predicted molar refractivity (Wildman–Crippen MR) is 120 cm³/mol. The van der Waals surface area contributed by atoms with Gasteiger partial charge in [0.2, 0.25) is 0 Å². The highest BCUT2D eigenvalue weighted by Gasteiger charge is 2.34. The summed E-state index contributed by atoms with van der Waals surface area (Å²) in [5, 5.41) is 3.02. The van der Waals surface area contributed by atoms with E-state index in [9.17, 15) is 9.59 Å². The highest BCUT2D eigenvalue weighted by molar-refractivity contribution is 6.08. The van der Waals surface area contributed by atoms with Crippen molar-refractivity contribution in [1.82, 2.24) is 0 Å². The number of anilines is 1. The second-order valence-corrected chi connectivity index (χ2v) is 8.12. The van der Waals surface area contributed by atoms with Crippen molar-refractivity contribution < 1.29 is 18.7 Å². The zero-order valence-electron chi connectivity index (χ0n) is 17.5. The molecular weight excluding hydrogens is 390 g/mol. The Morgan fingerprint density at radius 2 is 1.87 bits per heavy atom. The van der Waals surface area contributed by atoms with E-state index in [1.165, 1.54) is 0 Å². The highest BCUT2D eigenvalue weighted by atomic mass is 16.5. The van der Waals surface area contributed by atoms with Gasteiger partial charge in [0.1, 0.15) is 5.58 Å². The van der Waals surface area contributed by atoms with Gasteiger partial charge in [0.25, 0.3) is 5.91 Å². The van der Waals surface area contributed by atoms with Gasteiger partial charge in [0, 0.05) is 22.7 Å². The van der Waals surface area contributed by atoms with Gasteiger partial charge >= 0.3 is 5.97 Å². The number of fused-ring (bicyclic) bond motifs is 4. The third-order valence-corrected chi connectivity index (χ3v) is 5.98. The molecule has 5 heteroatoms. The van der Waals surface area contributed by atoms with E-state index in [0.29, 0.717) is 0 Å². The number of rotatable bonds is 4. The number of esters is 1. The number of carbonyl (C=O) groups excluding carboxylic acids is 2. The third kappa shape index (κ3) is 3.36. The van der Waals surface area contributed by atoms with Crippen LogP contribution in [0.1, 0.15) is 25.0 Å². The van der Waals surface area contributed by atoms with Crippen molar-refractivity contribution in [1.29, 1.82) is 0 Å². The maximum atomic E-state index is 13.1. The largest absolute Gasteiger partial charge is 0.464 e. The molecule has 1 aromatic heterocycles. The van der Waals surface area contributed by atoms with Crippen molar-refractivity contribution in [2.75, 3.05) is 4.90 Å². The van der Waals surface area contributed by atoms with E-state index in [-0.39, 0.29) is 18.4 Å². The van der Waals surface area contributed by atoms with Crippen molar-refractivity contribution in [2.24, 2.45) is 0 Å². The lowest BCUT2D eigenvalue weighted by Gasteiger charge is -2.25. The minimum absolute atomic E-state index is 0.0373. The quantitative estimate of drug-likeness (QED) is 0.440. The van der Waals surface area contributed by atoms with Crippen molar-refractivity contribution in [3.05, 3.63) is 78.1 Å². The molecule has 0 N–H and O–H groups in total. The lowest BCUT2D eigenvalue weighted by Crippen LogP contribution is -2.43. The summed E-state index contributed by atoms with van der Waals surface area (Å²) >= 11 is 0. The number of hydrogen-bond acceptors (Lipinski definition) is 4. The van der Waals surface area contributed by atoms with Gasteiger partial charge in [-0.05, 0) is 48.7 Å². The molecule has 0 radical (unpaired) electrons. The molecule has 0 saturated heterocycles. The van der Waals surface area contributed by atoms with Crippen LogP contribution < -0.4 is 4.90 Å². The van der Waals surface area contributed by atoms with Crippen LogP contribution in [-0.2, 0) is 27.2 Å². The van der Waals surface area contributed by atoms with Gasteiger partial charge in [0.15, 0.2) is 6.10 Å². The summed E-state index contributed by atoms with van der Waals surface area (Å²) in [5.41, 5.74) is 3.53. The lowest BCUT2D eigenvalue weighted by atomic mass is 10.0. The first-order valence-corrected chi connectivity index (χ1v) is 10.5. The molecule has 2 heterocycles. The first-order valence-electron chi connectivity index (χ1n) is 10.5. The first-order chi connectivity index (χ1) is 15.0. The van der Waals surface area contributed by atoms with Gasteiger partial charge in [0.05, 0.1) is 12.7 Å². The Labute approximate surface area is 180 Å². The molecule has 0 bridgehead atoms. The van der Waals surface area contributed by atoms with E-state index in [1.807, 2.05) is 67.6 Å². The molecular formula is C26H23NO4. The average molecular weight is 413 g/mol. The second kappa shape index (κ2) is 7.58. The molecule has 156 valence electrons. The molecule has 2 atom stereocenters. The van der Waals surface area contributed by atoms with E-state index in [4.69, 9.17) is 9.15 Å². The van der Waals surface area contributed by atoms with Gasteiger partial charge in [-0.1, -0.05) is 48.5 Å². The van der Waals surface area contributed by atoms with Gasteiger partial charge in [-0.3, -0.25) is 9.59 Å². The number of nitrogens with zero attached hydrogens (tertiary/aromatic N) is 1. The van der Waals surface area contributed by atoms with Gasteiger partial charge < -0.3 is 14.1 Å². The van der Waals surface area contributed by atoms with E-state index in [0.717, 1.165) is 45.0 Å². The second-order valence-electron chi connectivity index (χ2n) is 8.12. The average Bonchev–Trinajstić information content (AvgIpc) is 3.33. The van der Waals surface area contributed by atoms with E-state index in [2.05, 4.69) is 0 Å². The van der Waals surface area contributed by atoms with Crippen molar-refractivity contribution >= 4 is 39.3 Å². The Balaban J connectivity index is 1.34. The summed E-state index contributed by atoms with van der Waals surface area (Å²) in [5.74, 6) is -0.648. The van der Waals surface area contributed by atoms with Crippen LogP contribution >= 0.6 is 0 Å². The molecule has 0 unspecified atom stereocenters. The number of carbonyl (C=O) groups is 2. The summed E-state index contributed by atoms with van der Waals surface area (Å²) in [6.45, 7) is 3.64. The third-order valence-electron chi connectivity index (χ3n) is 5.98. The topological polar surface area (TPSA) is 59.8 Å². The maximum Gasteiger partial charge on any atom is 0.311 e. The molecule has 4 aromatic rings. The Morgan fingerprint density at radius 1 is 1.10 bits per heavy atom. The predicted octanol–water partition coefficient (Wildman–Crippen LogP) is 5.04. The Hall–Kier alpha value is -3.60. The standard InChI is InChI=1S/C26H23NO4/c1-16-13-19-8-4-6-10-22(19)27(16)26(29)17(2)31-24(28)14-20-15-30-23-12-11-18-7-3-5-9-21(18)25(20)23/h3-12,15-17H,13-14H2,1-2H3/t16-,17-/m0/s1. The number of para-hydroxylation sites is 1. The minimum Gasteiger partial charge on any atom is -0.464 e. The monoisotopic (exact) mass is 413 g/mol. The number of hydrogen-bond donors (Lipinski definition) is 0. The Kier molecular flexibility index (Phi) is 4.74. The fourth-order valence-electron chi connectivity index (χ4n) is 4.55. The van der Waals surface area contributed by atoms with Crippen molar-refractivity contribution in [3.63, 3.8) is 0 Å². The molecule has 0 aliphatic carbocycles. The van der Waals surface area contributed by atoms with E-state index >= 15 is 0 Å². The van der Waals surface area contributed by atoms with Crippen LogP contribution in [0.15, 0.2) is 71.3 Å². The van der Waals surface area contributed by atoms with Gasteiger partial charge in [-0.25, -0.2) is 0 Å². The number of amides is 1. The molecule has 1 aliphatic heterocycles. The summed E-state index contributed by atoms with van der Waals surface area (Å²) in [7, 11) is 0. The van der Waals surface area contributed by atoms with Crippen LogP contribution in [0.4, 0.5) is 5.69 Å². The fraction of sp³-hybridized carbons (Fsp3) is 0.231. The molecule has 0 saturated carbocycles. The lowest BCUT2D eigenvalue weighted by molar-refractivity contribution is -0.153. The molecule has 3 aromatic carbocycles. The van der Waals surface area contributed by atoms with Gasteiger partial charge in [-0.15, -0.1) is 0 Å². The SMILES string of the molecule is C[C@H](OC(=O)Cc1coc2ccc3ccccc3c12)C(=O)N1c2ccccc2C[C@@H]1C. The zero-order chi connectivity index (χ0) is 21.5. The molecule has 5 nitrogen and oxygen atoms in total. The van der Waals surface area contributed by atoms with E-state index < -0.39 is 12.1 Å². The molecule has 0 spiro atoms. The summed E-state index contributed by atoms with van der Waals surface area (Å²) in [6, 6.07) is 19.8. The van der Waals surface area contributed by atoms with Crippen LogP contribution in [0.3, 0.4) is 0 Å². The molecule has 0 fully saturated rings. The highest BCUT2D eigenvalue weighted by Crippen LogP contribution is 2.33. The summed E-state index contributed by atoms with van der Waals surface area (Å²) in [6.07, 6.45) is 1.58. The number of ether oxygens (including phenoxy) is 1. The van der Waals surface area contributed by atoms with Crippen LogP contribution in [0.25, 0.3) is 21.7 Å². The molecule has 5 rings (SSSR count). The minimum atomic E-state index is -0.865. The van der Waals surface area contributed by atoms with Crippen LogP contribution in [-0.4, -0.2) is 24.0 Å². The van der Waals surface area contributed by atoms with Crippen LogP contribution in [0, 0.1) is 0 Å². The summed E-state index contributed by atoms with van der Waals surface area (Å²) in [4.78, 5) is 27.5. The Bertz CT molecular complexity index is 1310. The smallest absolute Gasteiger partial charge is 0.311 e. The summed E-state index contributed by atoms with van der Waals surface area (Å²) < 4.78 is 11.2. The van der Waals surface area contributed by atoms with Crippen molar-refractivity contribution in [3.8, 4) is 0 Å². The number of benzene rings is 3. The molecule has 1 amide bonds. The molecule has 31 heavy (non-hydrogen) atoms. The first kappa shape index (κ1) is 19.4.